The normalized spacial score (nSPS) is 11.5. The zero-order chi connectivity index (χ0) is 19.1. The van der Waals surface area contributed by atoms with Crippen molar-refractivity contribution in [3.05, 3.63) is 64.0 Å². The Balaban J connectivity index is 2.08. The summed E-state index contributed by atoms with van der Waals surface area (Å²) in [5.41, 5.74) is 0.639. The second kappa shape index (κ2) is 6.23. The molecule has 0 saturated carbocycles. The lowest BCUT2D eigenvalue weighted by molar-refractivity contribution is -0.385. The van der Waals surface area contributed by atoms with Gasteiger partial charge in [0, 0.05) is 18.5 Å². The lowest BCUT2D eigenvalue weighted by atomic mass is 10.1. The highest BCUT2D eigenvalue weighted by molar-refractivity contribution is 7.90. The van der Waals surface area contributed by atoms with Crippen LogP contribution in [-0.4, -0.2) is 34.9 Å². The highest BCUT2D eigenvalue weighted by Crippen LogP contribution is 2.26. The number of pyridine rings is 1. The number of carbonyl (C=O) groups is 1. The molecule has 9 nitrogen and oxygen atoms in total. The summed E-state index contributed by atoms with van der Waals surface area (Å²) in [7, 11) is -3.66. The van der Waals surface area contributed by atoms with Crippen molar-refractivity contribution in [2.75, 3.05) is 11.6 Å². The Morgan fingerprint density at radius 3 is 2.62 bits per heavy atom. The minimum absolute atomic E-state index is 0.0862. The van der Waals surface area contributed by atoms with Crippen molar-refractivity contribution in [1.82, 2.24) is 9.38 Å². The van der Waals surface area contributed by atoms with Crippen LogP contribution in [0.15, 0.2) is 47.8 Å². The number of nitrogens with zero attached hydrogens (tertiary/aromatic N) is 3. The van der Waals surface area contributed by atoms with Crippen LogP contribution in [0.3, 0.4) is 0 Å². The minimum Gasteiger partial charge on any atom is -0.320 e. The molecular weight excluding hydrogens is 360 g/mol. The van der Waals surface area contributed by atoms with Crippen LogP contribution in [0.5, 0.6) is 0 Å². The quantitative estimate of drug-likeness (QED) is 0.551. The Hall–Kier alpha value is -3.27. The molecule has 2 aromatic heterocycles. The van der Waals surface area contributed by atoms with Crippen LogP contribution in [-0.2, 0) is 9.84 Å². The number of anilines is 1. The fourth-order valence-corrected chi connectivity index (χ4v) is 3.35. The minimum atomic E-state index is -3.66. The standard InChI is InChI=1S/C16H14N4O5S/c1-10-11(6-5-8-12(10)20(22)23)17-15(21)14-13-7-3-4-9-19(13)16(18-14)26(2,24)25/h3-9H,1-2H3,(H,17,21). The number of nitro groups is 1. The summed E-state index contributed by atoms with van der Waals surface area (Å²) in [4.78, 5) is 27.1. The third kappa shape index (κ3) is 3.02. The van der Waals surface area contributed by atoms with E-state index in [1.54, 1.807) is 18.2 Å². The molecule has 0 unspecified atom stereocenters. The predicted molar refractivity (Wildman–Crippen MR) is 94.1 cm³/mol. The summed E-state index contributed by atoms with van der Waals surface area (Å²) in [6, 6.07) is 9.15. The van der Waals surface area contributed by atoms with E-state index < -0.39 is 20.7 Å². The van der Waals surface area contributed by atoms with E-state index >= 15 is 0 Å². The first-order chi connectivity index (χ1) is 12.2. The molecule has 2 heterocycles. The molecule has 0 aliphatic heterocycles. The van der Waals surface area contributed by atoms with E-state index in [1.807, 2.05) is 0 Å². The van der Waals surface area contributed by atoms with Crippen molar-refractivity contribution < 1.29 is 18.1 Å². The Kier molecular flexibility index (Phi) is 4.20. The lowest BCUT2D eigenvalue weighted by Crippen LogP contribution is -2.14. The molecular formula is C16H14N4O5S. The van der Waals surface area contributed by atoms with E-state index in [4.69, 9.17) is 0 Å². The van der Waals surface area contributed by atoms with Crippen LogP contribution in [0, 0.1) is 17.0 Å². The van der Waals surface area contributed by atoms with Crippen molar-refractivity contribution >= 4 is 32.6 Å². The Bertz CT molecular complexity index is 1150. The van der Waals surface area contributed by atoms with E-state index in [-0.39, 0.29) is 27.8 Å². The SMILES string of the molecule is Cc1c(NC(=O)c2nc(S(C)(=O)=O)n3ccccc23)cccc1[N+](=O)[O-]. The summed E-state index contributed by atoms with van der Waals surface area (Å²) >= 11 is 0. The van der Waals surface area contributed by atoms with Gasteiger partial charge in [-0.2, -0.15) is 0 Å². The molecule has 0 aliphatic carbocycles. The van der Waals surface area contributed by atoms with Crippen molar-refractivity contribution in [1.29, 1.82) is 0 Å². The second-order valence-electron chi connectivity index (χ2n) is 5.63. The molecule has 134 valence electrons. The molecule has 0 saturated heterocycles. The molecule has 0 spiro atoms. The lowest BCUT2D eigenvalue weighted by Gasteiger charge is -2.07. The maximum absolute atomic E-state index is 12.7. The number of imidazole rings is 1. The van der Waals surface area contributed by atoms with Gasteiger partial charge in [-0.1, -0.05) is 12.1 Å². The maximum Gasteiger partial charge on any atom is 0.276 e. The van der Waals surface area contributed by atoms with Gasteiger partial charge in [-0.3, -0.25) is 19.3 Å². The van der Waals surface area contributed by atoms with Crippen LogP contribution in [0.4, 0.5) is 11.4 Å². The van der Waals surface area contributed by atoms with Crippen molar-refractivity contribution in [3.63, 3.8) is 0 Å². The Morgan fingerprint density at radius 2 is 1.96 bits per heavy atom. The number of aromatic nitrogens is 2. The summed E-state index contributed by atoms with van der Waals surface area (Å²) in [5.74, 6) is -0.660. The van der Waals surface area contributed by atoms with Crippen molar-refractivity contribution in [3.8, 4) is 0 Å². The number of fused-ring (bicyclic) bond motifs is 1. The Morgan fingerprint density at radius 1 is 1.23 bits per heavy atom. The summed E-state index contributed by atoms with van der Waals surface area (Å²) in [5, 5.41) is 13.3. The third-order valence-electron chi connectivity index (χ3n) is 3.81. The monoisotopic (exact) mass is 374 g/mol. The fraction of sp³-hybridized carbons (Fsp3) is 0.125. The molecule has 0 aliphatic rings. The summed E-state index contributed by atoms with van der Waals surface area (Å²) in [6.07, 6.45) is 2.50. The van der Waals surface area contributed by atoms with Crippen LogP contribution >= 0.6 is 0 Å². The largest absolute Gasteiger partial charge is 0.320 e. The topological polar surface area (TPSA) is 124 Å². The van der Waals surface area contributed by atoms with Gasteiger partial charge in [0.25, 0.3) is 11.6 Å². The molecule has 10 heteroatoms. The summed E-state index contributed by atoms with van der Waals surface area (Å²) < 4.78 is 25.2. The molecule has 0 fully saturated rings. The average molecular weight is 374 g/mol. The van der Waals surface area contributed by atoms with E-state index in [0.717, 1.165) is 6.26 Å². The van der Waals surface area contributed by atoms with Gasteiger partial charge in [0.2, 0.25) is 15.0 Å². The van der Waals surface area contributed by atoms with Crippen molar-refractivity contribution in [2.24, 2.45) is 0 Å². The van der Waals surface area contributed by atoms with Crippen LogP contribution in [0.1, 0.15) is 16.1 Å². The maximum atomic E-state index is 12.7. The molecule has 1 N–H and O–H groups in total. The van der Waals surface area contributed by atoms with Gasteiger partial charge in [-0.25, -0.2) is 13.4 Å². The first-order valence-electron chi connectivity index (χ1n) is 7.42. The number of nitro benzene ring substituents is 1. The Labute approximate surface area is 148 Å². The first-order valence-corrected chi connectivity index (χ1v) is 9.32. The van der Waals surface area contributed by atoms with Gasteiger partial charge >= 0.3 is 0 Å². The number of amides is 1. The molecule has 1 aromatic carbocycles. The van der Waals surface area contributed by atoms with Gasteiger partial charge in [0.15, 0.2) is 5.69 Å². The number of carbonyl (C=O) groups excluding carboxylic acids is 1. The summed E-state index contributed by atoms with van der Waals surface area (Å²) in [6.45, 7) is 1.51. The molecule has 3 aromatic rings. The smallest absolute Gasteiger partial charge is 0.276 e. The van der Waals surface area contributed by atoms with Gasteiger partial charge in [-0.05, 0) is 25.1 Å². The molecule has 0 bridgehead atoms. The van der Waals surface area contributed by atoms with E-state index in [1.165, 1.54) is 35.7 Å². The number of rotatable bonds is 4. The predicted octanol–water partition coefficient (Wildman–Crippen LogP) is 2.21. The molecule has 3 rings (SSSR count). The first kappa shape index (κ1) is 17.5. The fourth-order valence-electron chi connectivity index (χ4n) is 2.58. The zero-order valence-electron chi connectivity index (χ0n) is 13.8. The average Bonchev–Trinajstić information content (AvgIpc) is 2.96. The zero-order valence-corrected chi connectivity index (χ0v) is 14.6. The van der Waals surface area contributed by atoms with Gasteiger partial charge in [0.1, 0.15) is 0 Å². The van der Waals surface area contributed by atoms with Crippen LogP contribution < -0.4 is 5.32 Å². The van der Waals surface area contributed by atoms with Gasteiger partial charge in [0.05, 0.1) is 21.7 Å². The number of hydrogen-bond donors (Lipinski definition) is 1. The highest BCUT2D eigenvalue weighted by Gasteiger charge is 2.23. The van der Waals surface area contributed by atoms with Gasteiger partial charge in [-0.15, -0.1) is 0 Å². The van der Waals surface area contributed by atoms with Crippen molar-refractivity contribution in [2.45, 2.75) is 12.1 Å². The number of hydrogen-bond acceptors (Lipinski definition) is 6. The molecule has 0 atom stereocenters. The number of nitrogens with one attached hydrogen (secondary N) is 1. The number of sulfone groups is 1. The van der Waals surface area contributed by atoms with Crippen LogP contribution in [0.25, 0.3) is 5.52 Å². The van der Waals surface area contributed by atoms with Gasteiger partial charge < -0.3 is 5.32 Å². The second-order valence-corrected chi connectivity index (χ2v) is 7.54. The van der Waals surface area contributed by atoms with E-state index in [9.17, 15) is 23.3 Å². The molecule has 26 heavy (non-hydrogen) atoms. The van der Waals surface area contributed by atoms with E-state index in [2.05, 4.69) is 10.3 Å². The number of benzene rings is 1. The highest BCUT2D eigenvalue weighted by atomic mass is 32.2. The molecule has 1 amide bonds. The third-order valence-corrected chi connectivity index (χ3v) is 4.76. The van der Waals surface area contributed by atoms with Crippen LogP contribution in [0.2, 0.25) is 0 Å². The molecule has 0 radical (unpaired) electrons. The van der Waals surface area contributed by atoms with E-state index in [0.29, 0.717) is 5.52 Å².